The number of alkyl halides is 3. The van der Waals surface area contributed by atoms with Crippen LogP contribution >= 0.6 is 0 Å². The number of carbonyl (C=O) groups excluding carboxylic acids is 1. The monoisotopic (exact) mass is 288 g/mol. The lowest BCUT2D eigenvalue weighted by molar-refractivity contribution is -0.123. The first kappa shape index (κ1) is 15.9. The minimum atomic E-state index is -4.44. The average molecular weight is 288 g/mol. The molecule has 0 aliphatic rings. The van der Waals surface area contributed by atoms with Crippen molar-refractivity contribution in [3.05, 3.63) is 23.5 Å². The summed E-state index contributed by atoms with van der Waals surface area (Å²) in [5, 5.41) is 5.89. The Balaban J connectivity index is 2.93. The Bertz CT molecular complexity index is 543. The first-order valence-corrected chi connectivity index (χ1v) is 5.78. The molecule has 5 nitrogen and oxygen atoms in total. The van der Waals surface area contributed by atoms with Gasteiger partial charge < -0.3 is 5.32 Å². The van der Waals surface area contributed by atoms with Gasteiger partial charge in [-0.25, -0.2) is 4.68 Å². The van der Waals surface area contributed by atoms with Crippen molar-refractivity contribution in [2.24, 2.45) is 4.99 Å². The maximum Gasteiger partial charge on any atom is 0.405 e. The second-order valence-electron chi connectivity index (χ2n) is 3.97. The third kappa shape index (κ3) is 4.22. The number of halogens is 3. The second-order valence-corrected chi connectivity index (χ2v) is 3.97. The molecule has 0 spiro atoms. The Morgan fingerprint density at radius 1 is 1.55 bits per heavy atom. The van der Waals surface area contributed by atoms with Crippen LogP contribution in [0.4, 0.5) is 13.2 Å². The van der Waals surface area contributed by atoms with Gasteiger partial charge in [0.1, 0.15) is 6.54 Å². The van der Waals surface area contributed by atoms with Gasteiger partial charge in [-0.1, -0.05) is 6.08 Å². The first-order chi connectivity index (χ1) is 9.28. The van der Waals surface area contributed by atoms with Crippen molar-refractivity contribution in [2.45, 2.75) is 20.0 Å². The van der Waals surface area contributed by atoms with Crippen LogP contribution in [0.3, 0.4) is 0 Å². The van der Waals surface area contributed by atoms with E-state index in [1.165, 1.54) is 17.1 Å². The molecule has 0 saturated heterocycles. The minimum absolute atomic E-state index is 0.0955. The van der Waals surface area contributed by atoms with Gasteiger partial charge in [0.25, 0.3) is 5.91 Å². The summed E-state index contributed by atoms with van der Waals surface area (Å²) < 4.78 is 37.6. The molecule has 1 N–H and O–H groups in total. The van der Waals surface area contributed by atoms with Crippen LogP contribution in [0.2, 0.25) is 0 Å². The molecule has 20 heavy (non-hydrogen) atoms. The van der Waals surface area contributed by atoms with Crippen LogP contribution in [0.5, 0.6) is 0 Å². The molecule has 0 aromatic carbocycles. The van der Waals surface area contributed by atoms with Crippen LogP contribution in [0, 0.1) is 6.92 Å². The van der Waals surface area contributed by atoms with Gasteiger partial charge in [-0.05, 0) is 13.8 Å². The molecule has 0 aliphatic carbocycles. The van der Waals surface area contributed by atoms with E-state index in [0.717, 1.165) is 0 Å². The topological polar surface area (TPSA) is 59.3 Å². The van der Waals surface area contributed by atoms with E-state index in [9.17, 15) is 18.0 Å². The highest BCUT2D eigenvalue weighted by molar-refractivity contribution is 6.02. The number of aliphatic imine (C=N–C) groups is 1. The highest BCUT2D eigenvalue weighted by Gasteiger charge is 2.28. The highest BCUT2D eigenvalue weighted by Crippen LogP contribution is 2.14. The van der Waals surface area contributed by atoms with Gasteiger partial charge in [0, 0.05) is 19.5 Å². The molecule has 0 radical (unpaired) electrons. The molecule has 1 heterocycles. The van der Waals surface area contributed by atoms with Crippen LogP contribution in [0.1, 0.15) is 23.0 Å². The third-order valence-electron chi connectivity index (χ3n) is 2.41. The fourth-order valence-electron chi connectivity index (χ4n) is 1.49. The first-order valence-electron chi connectivity index (χ1n) is 5.78. The van der Waals surface area contributed by atoms with Crippen molar-refractivity contribution >= 4 is 17.8 Å². The number of nitrogens with one attached hydrogen (secondary N) is 1. The van der Waals surface area contributed by atoms with Crippen LogP contribution in [-0.2, 0) is 0 Å². The van der Waals surface area contributed by atoms with Crippen LogP contribution in [-0.4, -0.2) is 41.7 Å². The fourth-order valence-corrected chi connectivity index (χ4v) is 1.49. The van der Waals surface area contributed by atoms with Gasteiger partial charge in [-0.2, -0.15) is 18.3 Å². The summed E-state index contributed by atoms with van der Waals surface area (Å²) in [6.45, 7) is 1.94. The number of hydrogen-bond donors (Lipinski definition) is 1. The lowest BCUT2D eigenvalue weighted by atomic mass is 10.2. The molecular formula is C12H15F3N4O. The van der Waals surface area contributed by atoms with E-state index in [2.05, 4.69) is 10.1 Å². The fraction of sp³-hybridized carbons (Fsp3) is 0.417. The van der Waals surface area contributed by atoms with Gasteiger partial charge in [0.15, 0.2) is 0 Å². The highest BCUT2D eigenvalue weighted by atomic mass is 19.4. The van der Waals surface area contributed by atoms with Crippen molar-refractivity contribution < 1.29 is 18.0 Å². The van der Waals surface area contributed by atoms with E-state index in [4.69, 9.17) is 0 Å². The van der Waals surface area contributed by atoms with E-state index in [0.29, 0.717) is 11.4 Å². The summed E-state index contributed by atoms with van der Waals surface area (Å²) in [5.41, 5.74) is 1.05. The molecule has 0 atom stereocenters. The van der Waals surface area contributed by atoms with Gasteiger partial charge >= 0.3 is 6.18 Å². The summed E-state index contributed by atoms with van der Waals surface area (Å²) in [7, 11) is 1.58. The van der Waals surface area contributed by atoms with Crippen molar-refractivity contribution in [2.75, 3.05) is 13.6 Å². The summed E-state index contributed by atoms with van der Waals surface area (Å²) in [5.74, 6) is -0.810. The Morgan fingerprint density at radius 2 is 2.20 bits per heavy atom. The van der Waals surface area contributed by atoms with Gasteiger partial charge in [-0.15, -0.1) is 0 Å². The Hall–Kier alpha value is -2.12. The van der Waals surface area contributed by atoms with Crippen LogP contribution < -0.4 is 5.32 Å². The molecule has 0 bridgehead atoms. The third-order valence-corrected chi connectivity index (χ3v) is 2.41. The Kier molecular flexibility index (Phi) is 5.06. The van der Waals surface area contributed by atoms with Gasteiger partial charge in [0.05, 0.1) is 17.0 Å². The number of aromatic nitrogens is 2. The summed E-state index contributed by atoms with van der Waals surface area (Å²) in [6, 6.07) is 0. The van der Waals surface area contributed by atoms with E-state index < -0.39 is 18.6 Å². The number of carbonyl (C=O) groups is 1. The molecule has 1 rings (SSSR count). The average Bonchev–Trinajstić information content (AvgIpc) is 2.74. The normalized spacial score (nSPS) is 13.0. The van der Waals surface area contributed by atoms with E-state index >= 15 is 0 Å². The number of aryl methyl sites for hydroxylation is 1. The lowest BCUT2D eigenvalue weighted by Gasteiger charge is -2.07. The quantitative estimate of drug-likeness (QED) is 0.862. The zero-order valence-corrected chi connectivity index (χ0v) is 11.3. The standard InChI is InChI=1S/C12H15F3N4O/c1-4-9(5-16-3)19-6-10(8(2)18-19)11(20)17-7-12(13,14)15/h4-6H,7H2,1-3H3,(H,17,20). The molecule has 8 heteroatoms. The number of hydrogen-bond acceptors (Lipinski definition) is 3. The number of allylic oxidation sites excluding steroid dienone is 2. The SMILES string of the molecule is CC=C(C=NC)n1cc(C(=O)NCC(F)(F)F)c(C)n1. The molecular weight excluding hydrogens is 273 g/mol. The lowest BCUT2D eigenvalue weighted by Crippen LogP contribution is -2.33. The molecule has 1 aromatic rings. The molecule has 0 aliphatic heterocycles. The van der Waals surface area contributed by atoms with E-state index in [1.54, 1.807) is 27.0 Å². The van der Waals surface area contributed by atoms with Crippen molar-refractivity contribution in [1.82, 2.24) is 15.1 Å². The van der Waals surface area contributed by atoms with E-state index in [-0.39, 0.29) is 5.56 Å². The van der Waals surface area contributed by atoms with Crippen LogP contribution in [0.25, 0.3) is 5.70 Å². The summed E-state index contributed by atoms with van der Waals surface area (Å²) >= 11 is 0. The minimum Gasteiger partial charge on any atom is -0.343 e. The number of amides is 1. The smallest absolute Gasteiger partial charge is 0.343 e. The molecule has 0 fully saturated rings. The largest absolute Gasteiger partial charge is 0.405 e. The Labute approximate surface area is 114 Å². The van der Waals surface area contributed by atoms with Gasteiger partial charge in [0.2, 0.25) is 0 Å². The van der Waals surface area contributed by atoms with Gasteiger partial charge in [-0.3, -0.25) is 9.79 Å². The second kappa shape index (κ2) is 6.36. The molecule has 1 aromatic heterocycles. The predicted octanol–water partition coefficient (Wildman–Crippen LogP) is 2.05. The summed E-state index contributed by atoms with van der Waals surface area (Å²) in [6.07, 6.45) is 0.182. The predicted molar refractivity (Wildman–Crippen MR) is 69.7 cm³/mol. The van der Waals surface area contributed by atoms with E-state index in [1.807, 2.05) is 5.32 Å². The Morgan fingerprint density at radius 3 is 2.70 bits per heavy atom. The number of nitrogens with zero attached hydrogens (tertiary/aromatic N) is 3. The molecule has 1 amide bonds. The zero-order chi connectivity index (χ0) is 15.3. The zero-order valence-electron chi connectivity index (χ0n) is 11.3. The van der Waals surface area contributed by atoms with Crippen molar-refractivity contribution in [1.29, 1.82) is 0 Å². The van der Waals surface area contributed by atoms with Crippen molar-refractivity contribution in [3.8, 4) is 0 Å². The summed E-state index contributed by atoms with van der Waals surface area (Å²) in [4.78, 5) is 15.5. The molecule has 0 saturated carbocycles. The maximum atomic E-state index is 12.1. The van der Waals surface area contributed by atoms with Crippen molar-refractivity contribution in [3.63, 3.8) is 0 Å². The molecule has 0 unspecified atom stereocenters. The van der Waals surface area contributed by atoms with Crippen LogP contribution in [0.15, 0.2) is 17.3 Å². The maximum absolute atomic E-state index is 12.1. The number of rotatable bonds is 4. The molecule has 110 valence electrons.